The third-order valence-corrected chi connectivity index (χ3v) is 7.32. The molecule has 2 aromatic carbocycles. The number of hydrogen-bond donors (Lipinski definition) is 1. The Hall–Kier alpha value is -2.36. The van der Waals surface area contributed by atoms with Crippen LogP contribution in [0.15, 0.2) is 42.5 Å². The van der Waals surface area contributed by atoms with Crippen molar-refractivity contribution in [2.45, 2.75) is 63.5 Å². The highest BCUT2D eigenvalue weighted by Gasteiger charge is 2.51. The van der Waals surface area contributed by atoms with Crippen LogP contribution in [-0.2, 0) is 20.7 Å². The molecule has 0 spiro atoms. The van der Waals surface area contributed by atoms with E-state index in [1.165, 1.54) is 19.3 Å². The number of hydrogen-bond acceptors (Lipinski definition) is 3. The van der Waals surface area contributed by atoms with Crippen molar-refractivity contribution in [3.8, 4) is 0 Å². The number of esters is 1. The highest BCUT2D eigenvalue weighted by Crippen LogP contribution is 2.55. The highest BCUT2D eigenvalue weighted by atomic mass is 16.5. The molecule has 1 atom stereocenters. The molecule has 0 aliphatic heterocycles. The van der Waals surface area contributed by atoms with Crippen LogP contribution in [0.1, 0.15) is 51.0 Å². The van der Waals surface area contributed by atoms with E-state index in [1.54, 1.807) is 6.92 Å². The van der Waals surface area contributed by atoms with E-state index < -0.39 is 6.10 Å². The summed E-state index contributed by atoms with van der Waals surface area (Å²) < 4.78 is 5.53. The summed E-state index contributed by atoms with van der Waals surface area (Å²) in [6, 6.07) is 13.9. The van der Waals surface area contributed by atoms with Crippen LogP contribution in [0.25, 0.3) is 10.8 Å². The molecule has 4 nitrogen and oxygen atoms in total. The Labute approximate surface area is 172 Å². The molecular weight excluding hydrogens is 362 g/mol. The van der Waals surface area contributed by atoms with Gasteiger partial charge in [0.15, 0.2) is 6.10 Å². The summed E-state index contributed by atoms with van der Waals surface area (Å²) in [5.74, 6) is 1.81. The van der Waals surface area contributed by atoms with Gasteiger partial charge in [-0.1, -0.05) is 42.5 Å². The quantitative estimate of drug-likeness (QED) is 0.769. The standard InChI is InChI=1S/C25H29NO3/c1-16(24(28)26-25-13-17-9-18(14-25)11-19(10-17)15-25)29-23(27)12-21-7-4-6-20-5-2-3-8-22(20)21/h2-8,16-19H,9-15H2,1H3,(H,26,28)/t16-,17?,18?,19?,25?/m0/s1. The number of benzene rings is 2. The van der Waals surface area contributed by atoms with Crippen LogP contribution >= 0.6 is 0 Å². The maximum Gasteiger partial charge on any atom is 0.311 e. The lowest BCUT2D eigenvalue weighted by Crippen LogP contribution is -2.61. The van der Waals surface area contributed by atoms with Crippen LogP contribution in [0, 0.1) is 17.8 Å². The molecule has 4 aliphatic carbocycles. The maximum absolute atomic E-state index is 12.8. The summed E-state index contributed by atoms with van der Waals surface area (Å²) >= 11 is 0. The van der Waals surface area contributed by atoms with Gasteiger partial charge in [-0.05, 0) is 79.5 Å². The van der Waals surface area contributed by atoms with Gasteiger partial charge in [0.1, 0.15) is 0 Å². The van der Waals surface area contributed by atoms with Crippen LogP contribution in [0.5, 0.6) is 0 Å². The molecule has 0 heterocycles. The van der Waals surface area contributed by atoms with Gasteiger partial charge in [-0.3, -0.25) is 9.59 Å². The predicted octanol–water partition coefficient (Wildman–Crippen LogP) is 4.40. The Morgan fingerprint density at radius 2 is 1.62 bits per heavy atom. The maximum atomic E-state index is 12.8. The van der Waals surface area contributed by atoms with E-state index in [-0.39, 0.29) is 23.8 Å². The van der Waals surface area contributed by atoms with Gasteiger partial charge in [-0.15, -0.1) is 0 Å². The zero-order valence-corrected chi connectivity index (χ0v) is 17.0. The lowest BCUT2D eigenvalue weighted by molar-refractivity contribution is -0.156. The molecule has 0 aromatic heterocycles. The molecule has 4 saturated carbocycles. The number of rotatable bonds is 5. The number of amides is 1. The molecule has 6 rings (SSSR count). The zero-order valence-electron chi connectivity index (χ0n) is 17.0. The van der Waals surface area contributed by atoms with E-state index in [9.17, 15) is 9.59 Å². The predicted molar refractivity (Wildman–Crippen MR) is 112 cm³/mol. The van der Waals surface area contributed by atoms with E-state index in [2.05, 4.69) is 5.32 Å². The zero-order chi connectivity index (χ0) is 20.0. The SMILES string of the molecule is C[C@H](OC(=O)Cc1cccc2ccccc12)C(=O)NC12CC3CC(CC(C3)C1)C2. The van der Waals surface area contributed by atoms with Gasteiger partial charge in [0.05, 0.1) is 6.42 Å². The minimum absolute atomic E-state index is 0.0534. The number of fused-ring (bicyclic) bond motifs is 1. The Morgan fingerprint density at radius 3 is 2.31 bits per heavy atom. The monoisotopic (exact) mass is 391 g/mol. The highest BCUT2D eigenvalue weighted by molar-refractivity contribution is 5.90. The van der Waals surface area contributed by atoms with Gasteiger partial charge in [-0.25, -0.2) is 0 Å². The molecule has 0 saturated heterocycles. The molecule has 4 bridgehead atoms. The van der Waals surface area contributed by atoms with E-state index in [0.717, 1.165) is 53.4 Å². The van der Waals surface area contributed by atoms with Crippen molar-refractivity contribution in [1.29, 1.82) is 0 Å². The summed E-state index contributed by atoms with van der Waals surface area (Å²) in [6.07, 6.45) is 6.73. The first-order valence-corrected chi connectivity index (χ1v) is 11.0. The molecule has 4 fully saturated rings. The van der Waals surface area contributed by atoms with Crippen LogP contribution < -0.4 is 5.32 Å². The van der Waals surface area contributed by atoms with Crippen molar-refractivity contribution >= 4 is 22.6 Å². The number of ether oxygens (including phenoxy) is 1. The molecular formula is C25H29NO3. The van der Waals surface area contributed by atoms with Crippen molar-refractivity contribution in [2.75, 3.05) is 0 Å². The fourth-order valence-corrected chi connectivity index (χ4v) is 6.52. The normalized spacial score (nSPS) is 30.9. The molecule has 1 amide bonds. The first-order chi connectivity index (χ1) is 14.0. The van der Waals surface area contributed by atoms with E-state index >= 15 is 0 Å². The van der Waals surface area contributed by atoms with Crippen molar-refractivity contribution in [1.82, 2.24) is 5.32 Å². The topological polar surface area (TPSA) is 55.4 Å². The van der Waals surface area contributed by atoms with Gasteiger partial charge in [0.25, 0.3) is 5.91 Å². The van der Waals surface area contributed by atoms with Gasteiger partial charge in [0, 0.05) is 5.54 Å². The van der Waals surface area contributed by atoms with E-state index in [0.29, 0.717) is 0 Å². The van der Waals surface area contributed by atoms with Crippen LogP contribution in [-0.4, -0.2) is 23.5 Å². The van der Waals surface area contributed by atoms with Crippen LogP contribution in [0.4, 0.5) is 0 Å². The van der Waals surface area contributed by atoms with Crippen LogP contribution in [0.2, 0.25) is 0 Å². The minimum Gasteiger partial charge on any atom is -0.452 e. The third-order valence-electron chi connectivity index (χ3n) is 7.32. The third kappa shape index (κ3) is 3.65. The van der Waals surface area contributed by atoms with Crippen molar-refractivity contribution < 1.29 is 14.3 Å². The van der Waals surface area contributed by atoms with Gasteiger partial charge < -0.3 is 10.1 Å². The molecule has 2 aromatic rings. The number of carbonyl (C=O) groups is 2. The molecule has 4 heteroatoms. The molecule has 0 radical (unpaired) electrons. The van der Waals surface area contributed by atoms with Gasteiger partial charge in [0.2, 0.25) is 0 Å². The Balaban J connectivity index is 1.21. The summed E-state index contributed by atoms with van der Waals surface area (Å²) in [6.45, 7) is 1.69. The first-order valence-electron chi connectivity index (χ1n) is 11.0. The summed E-state index contributed by atoms with van der Waals surface area (Å²) in [4.78, 5) is 25.4. The first kappa shape index (κ1) is 18.7. The summed E-state index contributed by atoms with van der Waals surface area (Å²) in [7, 11) is 0. The largest absolute Gasteiger partial charge is 0.452 e. The minimum atomic E-state index is -0.759. The summed E-state index contributed by atoms with van der Waals surface area (Å²) in [5.41, 5.74) is 0.879. The Morgan fingerprint density at radius 1 is 1.00 bits per heavy atom. The van der Waals surface area contributed by atoms with Crippen molar-refractivity contribution in [3.05, 3.63) is 48.0 Å². The number of nitrogens with one attached hydrogen (secondary N) is 1. The average Bonchev–Trinajstić information content (AvgIpc) is 2.66. The molecule has 1 N–H and O–H groups in total. The summed E-state index contributed by atoms with van der Waals surface area (Å²) in [5, 5.41) is 5.46. The lowest BCUT2D eigenvalue weighted by atomic mass is 9.53. The molecule has 152 valence electrons. The van der Waals surface area contributed by atoms with Gasteiger partial charge >= 0.3 is 5.97 Å². The smallest absolute Gasteiger partial charge is 0.311 e. The second-order valence-electron chi connectivity index (χ2n) is 9.63. The molecule has 4 aliphatic rings. The van der Waals surface area contributed by atoms with Gasteiger partial charge in [-0.2, -0.15) is 0 Å². The number of carbonyl (C=O) groups excluding carboxylic acids is 2. The van der Waals surface area contributed by atoms with Crippen molar-refractivity contribution in [3.63, 3.8) is 0 Å². The van der Waals surface area contributed by atoms with Crippen molar-refractivity contribution in [2.24, 2.45) is 17.8 Å². The second-order valence-corrected chi connectivity index (χ2v) is 9.63. The van der Waals surface area contributed by atoms with E-state index in [4.69, 9.17) is 4.74 Å². The van der Waals surface area contributed by atoms with Crippen LogP contribution in [0.3, 0.4) is 0 Å². The fourth-order valence-electron chi connectivity index (χ4n) is 6.52. The average molecular weight is 392 g/mol. The second kappa shape index (κ2) is 7.16. The Kier molecular flexibility index (Phi) is 4.60. The fraction of sp³-hybridized carbons (Fsp3) is 0.520. The molecule has 0 unspecified atom stereocenters. The van der Waals surface area contributed by atoms with E-state index in [1.807, 2.05) is 42.5 Å². The lowest BCUT2D eigenvalue weighted by Gasteiger charge is -2.57. The molecule has 29 heavy (non-hydrogen) atoms. The Bertz CT molecular complexity index is 909.